The van der Waals surface area contributed by atoms with E-state index in [1.54, 1.807) is 17.9 Å². The van der Waals surface area contributed by atoms with Crippen molar-refractivity contribution in [1.29, 1.82) is 0 Å². The number of thioether (sulfide) groups is 1. The van der Waals surface area contributed by atoms with Gasteiger partial charge in [0, 0.05) is 29.4 Å². The van der Waals surface area contributed by atoms with Gasteiger partial charge in [0.15, 0.2) is 5.16 Å². The van der Waals surface area contributed by atoms with E-state index in [4.69, 9.17) is 4.74 Å². The summed E-state index contributed by atoms with van der Waals surface area (Å²) in [7, 11) is 0. The highest BCUT2D eigenvalue weighted by atomic mass is 32.2. The molecule has 1 aromatic heterocycles. The molecule has 9 heteroatoms. The predicted molar refractivity (Wildman–Crippen MR) is 130 cm³/mol. The predicted octanol–water partition coefficient (Wildman–Crippen LogP) is 3.12. The number of amides is 2. The molecule has 0 radical (unpaired) electrons. The number of fused-ring (bicyclic) bond motifs is 3. The van der Waals surface area contributed by atoms with Gasteiger partial charge in [0.05, 0.1) is 23.7 Å². The van der Waals surface area contributed by atoms with Crippen LogP contribution in [0.3, 0.4) is 0 Å². The molecule has 2 aliphatic rings. The maximum atomic E-state index is 13.9. The molecule has 2 aliphatic heterocycles. The first-order chi connectivity index (χ1) is 16.5. The van der Waals surface area contributed by atoms with Crippen molar-refractivity contribution in [2.45, 2.75) is 24.4 Å². The number of carbonyl (C=O) groups excluding carboxylic acids is 2. The van der Waals surface area contributed by atoms with E-state index < -0.39 is 5.72 Å². The van der Waals surface area contributed by atoms with Gasteiger partial charge in [-0.3, -0.25) is 19.3 Å². The molecule has 2 amide bonds. The third kappa shape index (κ3) is 3.44. The number of benzene rings is 2. The quantitative estimate of drug-likeness (QED) is 0.347. The van der Waals surface area contributed by atoms with Crippen LogP contribution in [0.4, 0.5) is 11.4 Å². The van der Waals surface area contributed by atoms with E-state index in [0.29, 0.717) is 27.8 Å². The maximum absolute atomic E-state index is 13.9. The van der Waals surface area contributed by atoms with Crippen molar-refractivity contribution in [3.05, 3.63) is 94.4 Å². The zero-order chi connectivity index (χ0) is 23.9. The van der Waals surface area contributed by atoms with Gasteiger partial charge in [-0.25, -0.2) is 4.98 Å². The molecule has 0 saturated carbocycles. The third-order valence-electron chi connectivity index (χ3n) is 5.82. The van der Waals surface area contributed by atoms with Gasteiger partial charge in [-0.2, -0.15) is 0 Å². The molecule has 0 saturated heterocycles. The van der Waals surface area contributed by atoms with Crippen LogP contribution in [0.25, 0.3) is 0 Å². The Balaban J connectivity index is 1.60. The van der Waals surface area contributed by atoms with Gasteiger partial charge in [-0.1, -0.05) is 54.2 Å². The lowest BCUT2D eigenvalue weighted by molar-refractivity contribution is -0.152. The largest absolute Gasteiger partial charge is 0.338 e. The van der Waals surface area contributed by atoms with Crippen LogP contribution in [0.15, 0.2) is 77.2 Å². The average molecular weight is 475 g/mol. The van der Waals surface area contributed by atoms with Crippen molar-refractivity contribution < 1.29 is 14.3 Å². The van der Waals surface area contributed by atoms with E-state index in [1.165, 1.54) is 11.0 Å². The lowest BCUT2D eigenvalue weighted by Gasteiger charge is -2.43. The fraction of sp³-hybridized carbons (Fsp3) is 0.200. The zero-order valence-electron chi connectivity index (χ0n) is 18.5. The Kier molecular flexibility index (Phi) is 5.59. The Hall–Kier alpha value is -3.69. The summed E-state index contributed by atoms with van der Waals surface area (Å²) in [6, 6.07) is 16.1. The molecule has 3 aromatic rings. The minimum atomic E-state index is -1.63. The number of rotatable bonds is 5. The molecule has 0 bridgehead atoms. The number of nitrogens with zero attached hydrogens (tertiary/aromatic N) is 3. The highest BCUT2D eigenvalue weighted by molar-refractivity contribution is 7.99. The topological polar surface area (TPSA) is 95.6 Å². The summed E-state index contributed by atoms with van der Waals surface area (Å²) < 4.78 is 6.29. The molecule has 1 N–H and O–H groups in total. The molecule has 2 aromatic carbocycles. The highest BCUT2D eigenvalue weighted by Crippen LogP contribution is 2.50. The number of carbonyl (C=O) groups is 2. The number of nitrogens with one attached hydrogen (secondary N) is 1. The average Bonchev–Trinajstić information content (AvgIpc) is 3.05. The standard InChI is InChI=1S/C25H22N4O4S/c1-3-12-28-20-11-7-5-9-18(20)25(23(28)32)29(19-10-6-4-8-17(19)14-33-25)22(31)15-34-24-26-16(2)13-21(30)27-24/h3-11,13H,1,12,14-15H2,2H3,(H,26,27,30)/t25-/m1/s1. The monoisotopic (exact) mass is 474 g/mol. The number of aryl methyl sites for hydroxylation is 1. The van der Waals surface area contributed by atoms with E-state index in [1.807, 2.05) is 48.5 Å². The third-order valence-corrected chi connectivity index (χ3v) is 6.68. The van der Waals surface area contributed by atoms with Crippen molar-refractivity contribution in [3.8, 4) is 0 Å². The van der Waals surface area contributed by atoms with Crippen LogP contribution in [0.2, 0.25) is 0 Å². The molecule has 5 rings (SSSR count). The summed E-state index contributed by atoms with van der Waals surface area (Å²) in [5.74, 6) is -0.739. The summed E-state index contributed by atoms with van der Waals surface area (Å²) in [6.07, 6.45) is 1.65. The normalized spacial score (nSPS) is 18.7. The molecule has 0 aliphatic carbocycles. The van der Waals surface area contributed by atoms with Crippen LogP contribution in [-0.2, 0) is 26.7 Å². The molecule has 1 atom stereocenters. The van der Waals surface area contributed by atoms with Gasteiger partial charge in [0.25, 0.3) is 17.2 Å². The van der Waals surface area contributed by atoms with E-state index in [2.05, 4.69) is 16.5 Å². The Morgan fingerprint density at radius 2 is 1.94 bits per heavy atom. The number of hydrogen-bond donors (Lipinski definition) is 1. The van der Waals surface area contributed by atoms with Gasteiger partial charge < -0.3 is 14.6 Å². The van der Waals surface area contributed by atoms with E-state index in [9.17, 15) is 14.4 Å². The van der Waals surface area contributed by atoms with E-state index in [0.717, 1.165) is 17.3 Å². The van der Waals surface area contributed by atoms with Gasteiger partial charge >= 0.3 is 0 Å². The highest BCUT2D eigenvalue weighted by Gasteiger charge is 2.59. The van der Waals surface area contributed by atoms with E-state index >= 15 is 0 Å². The lowest BCUT2D eigenvalue weighted by Crippen LogP contribution is -2.60. The first-order valence-electron chi connectivity index (χ1n) is 10.7. The van der Waals surface area contributed by atoms with Crippen LogP contribution < -0.4 is 15.4 Å². The van der Waals surface area contributed by atoms with Gasteiger partial charge in [0.2, 0.25) is 5.91 Å². The van der Waals surface area contributed by atoms with Gasteiger partial charge in [0.1, 0.15) is 0 Å². The Morgan fingerprint density at radius 1 is 1.21 bits per heavy atom. The molecular weight excluding hydrogens is 452 g/mol. The second-order valence-electron chi connectivity index (χ2n) is 7.99. The Labute approximate surface area is 200 Å². The number of aromatic nitrogens is 2. The smallest absolute Gasteiger partial charge is 0.286 e. The first kappa shape index (κ1) is 22.1. The fourth-order valence-electron chi connectivity index (χ4n) is 4.46. The Morgan fingerprint density at radius 3 is 2.71 bits per heavy atom. The summed E-state index contributed by atoms with van der Waals surface area (Å²) in [5.41, 5.74) is 1.36. The summed E-state index contributed by atoms with van der Waals surface area (Å²) >= 11 is 1.11. The SMILES string of the molecule is C=CCN1C(=O)[C@]2(OCc3ccccc3N2C(=O)CSc2nc(C)cc(=O)[nH]2)c2ccccc21. The number of para-hydroxylation sites is 2. The van der Waals surface area contributed by atoms with Crippen LogP contribution in [0.5, 0.6) is 0 Å². The molecule has 0 fully saturated rings. The second-order valence-corrected chi connectivity index (χ2v) is 8.96. The van der Waals surface area contributed by atoms with Crippen LogP contribution >= 0.6 is 11.8 Å². The second kappa shape index (κ2) is 8.58. The number of H-pyrrole nitrogens is 1. The van der Waals surface area contributed by atoms with Crippen molar-refractivity contribution >= 4 is 35.0 Å². The van der Waals surface area contributed by atoms with Crippen molar-refractivity contribution in [2.24, 2.45) is 0 Å². The van der Waals surface area contributed by atoms with Crippen LogP contribution in [-0.4, -0.2) is 34.1 Å². The van der Waals surface area contributed by atoms with Crippen LogP contribution in [0, 0.1) is 6.92 Å². The lowest BCUT2D eigenvalue weighted by atomic mass is 9.97. The number of aromatic amines is 1. The number of hydrogen-bond acceptors (Lipinski definition) is 6. The number of ether oxygens (including phenoxy) is 1. The molecule has 3 heterocycles. The van der Waals surface area contributed by atoms with Crippen molar-refractivity contribution in [1.82, 2.24) is 9.97 Å². The fourth-order valence-corrected chi connectivity index (χ4v) is 5.23. The summed E-state index contributed by atoms with van der Waals surface area (Å²) in [6.45, 7) is 5.96. The summed E-state index contributed by atoms with van der Waals surface area (Å²) in [4.78, 5) is 49.5. The van der Waals surface area contributed by atoms with Gasteiger partial charge in [-0.05, 0) is 19.1 Å². The molecule has 1 spiro atoms. The molecule has 0 unspecified atom stereocenters. The number of anilines is 2. The molecular formula is C25H22N4O4S. The maximum Gasteiger partial charge on any atom is 0.286 e. The minimum Gasteiger partial charge on any atom is -0.338 e. The van der Waals surface area contributed by atoms with Gasteiger partial charge in [-0.15, -0.1) is 6.58 Å². The summed E-state index contributed by atoms with van der Waals surface area (Å²) in [5, 5.41) is 0.338. The van der Waals surface area contributed by atoms with E-state index in [-0.39, 0.29) is 36.3 Å². The Bertz CT molecular complexity index is 1370. The zero-order valence-corrected chi connectivity index (χ0v) is 19.3. The molecule has 34 heavy (non-hydrogen) atoms. The van der Waals surface area contributed by atoms with Crippen molar-refractivity contribution in [2.75, 3.05) is 22.1 Å². The first-order valence-corrected chi connectivity index (χ1v) is 11.7. The molecule has 8 nitrogen and oxygen atoms in total. The van der Waals surface area contributed by atoms with Crippen LogP contribution in [0.1, 0.15) is 16.8 Å². The van der Waals surface area contributed by atoms with Crippen molar-refractivity contribution in [3.63, 3.8) is 0 Å². The minimum absolute atomic E-state index is 0.0528. The molecule has 172 valence electrons.